The molecular weight excluding hydrogens is 150 g/mol. The number of hydrogen-bond acceptors (Lipinski definition) is 1. The number of carbonyl (C=O) groups excluding carboxylic acids is 1. The molecule has 0 heterocycles. The van der Waals surface area contributed by atoms with Crippen LogP contribution in [0, 0.1) is 17.3 Å². The minimum absolute atomic E-state index is 0.216. The molecule has 0 aromatic rings. The molecule has 0 unspecified atom stereocenters. The summed E-state index contributed by atoms with van der Waals surface area (Å²) in [5.74, 6) is 1.01. The number of nitrogens with two attached hydrogens (primary N) is 1. The Hall–Kier alpha value is -0.790. The molecule has 2 atom stereocenters. The Kier molecular flexibility index (Phi) is 1.39. The van der Waals surface area contributed by atoms with Crippen LogP contribution in [0.4, 0.5) is 0 Å². The van der Waals surface area contributed by atoms with Crippen LogP contribution in [0.3, 0.4) is 0 Å². The fourth-order valence-corrected chi connectivity index (χ4v) is 2.63. The van der Waals surface area contributed by atoms with Gasteiger partial charge in [0.15, 0.2) is 0 Å². The van der Waals surface area contributed by atoms with Gasteiger partial charge in [-0.05, 0) is 30.1 Å². The van der Waals surface area contributed by atoms with Crippen molar-refractivity contribution in [2.24, 2.45) is 23.0 Å². The summed E-state index contributed by atoms with van der Waals surface area (Å²) in [4.78, 5) is 11.0. The van der Waals surface area contributed by atoms with Gasteiger partial charge in [0.25, 0.3) is 0 Å². The molecule has 2 bridgehead atoms. The predicted molar refractivity (Wildman–Crippen MR) is 47.3 cm³/mol. The zero-order chi connectivity index (χ0) is 8.93. The molecule has 66 valence electrons. The van der Waals surface area contributed by atoms with Gasteiger partial charge < -0.3 is 5.73 Å². The van der Waals surface area contributed by atoms with Gasteiger partial charge in [-0.25, -0.2) is 0 Å². The first-order chi connectivity index (χ1) is 5.53. The topological polar surface area (TPSA) is 43.1 Å². The third kappa shape index (κ3) is 0.780. The maximum Gasteiger partial charge on any atom is 0.244 e. The SMILES string of the molecule is CC1(C)[C@H]2CC=C(C(N)=O)[C@@H]1C2. The number of rotatable bonds is 1. The number of carbonyl (C=O) groups is 1. The van der Waals surface area contributed by atoms with E-state index in [1.807, 2.05) is 6.08 Å². The Morgan fingerprint density at radius 3 is 2.67 bits per heavy atom. The van der Waals surface area contributed by atoms with E-state index in [4.69, 9.17) is 5.73 Å². The van der Waals surface area contributed by atoms with Gasteiger partial charge in [-0.1, -0.05) is 19.9 Å². The summed E-state index contributed by atoms with van der Waals surface area (Å²) in [7, 11) is 0. The van der Waals surface area contributed by atoms with Crippen LogP contribution in [0.1, 0.15) is 26.7 Å². The normalized spacial score (nSPS) is 36.7. The summed E-state index contributed by atoms with van der Waals surface area (Å²) < 4.78 is 0. The molecule has 0 aromatic heterocycles. The largest absolute Gasteiger partial charge is 0.366 e. The molecule has 2 heteroatoms. The van der Waals surface area contributed by atoms with Gasteiger partial charge in [0.1, 0.15) is 0 Å². The first kappa shape index (κ1) is 7.84. The van der Waals surface area contributed by atoms with Crippen molar-refractivity contribution in [1.29, 1.82) is 0 Å². The highest BCUT2D eigenvalue weighted by Crippen LogP contribution is 2.58. The van der Waals surface area contributed by atoms with Crippen molar-refractivity contribution in [3.8, 4) is 0 Å². The van der Waals surface area contributed by atoms with Crippen molar-refractivity contribution in [2.45, 2.75) is 26.7 Å². The highest BCUT2D eigenvalue weighted by Gasteiger charge is 2.52. The van der Waals surface area contributed by atoms with Crippen LogP contribution in [-0.2, 0) is 4.79 Å². The molecule has 0 aliphatic heterocycles. The van der Waals surface area contributed by atoms with Gasteiger partial charge in [0, 0.05) is 5.57 Å². The number of primary amides is 1. The highest BCUT2D eigenvalue weighted by atomic mass is 16.1. The van der Waals surface area contributed by atoms with E-state index in [1.165, 1.54) is 6.42 Å². The van der Waals surface area contributed by atoms with E-state index in [2.05, 4.69) is 13.8 Å². The van der Waals surface area contributed by atoms with E-state index in [-0.39, 0.29) is 5.91 Å². The number of amides is 1. The third-order valence-electron chi connectivity index (χ3n) is 3.75. The summed E-state index contributed by atoms with van der Waals surface area (Å²) in [6.07, 6.45) is 4.25. The van der Waals surface area contributed by atoms with E-state index in [9.17, 15) is 4.79 Å². The lowest BCUT2D eigenvalue weighted by Gasteiger charge is -2.55. The average molecular weight is 165 g/mol. The Labute approximate surface area is 72.8 Å². The molecule has 1 saturated carbocycles. The number of allylic oxidation sites excluding steroid dienone is 1. The lowest BCUT2D eigenvalue weighted by Crippen LogP contribution is -2.50. The summed E-state index contributed by atoms with van der Waals surface area (Å²) >= 11 is 0. The molecule has 3 aliphatic rings. The Bertz CT molecular complexity index is 265. The Morgan fingerprint density at radius 2 is 2.33 bits per heavy atom. The van der Waals surface area contributed by atoms with Crippen molar-refractivity contribution < 1.29 is 4.79 Å². The first-order valence-corrected chi connectivity index (χ1v) is 4.53. The molecule has 2 N–H and O–H groups in total. The number of hydrogen-bond donors (Lipinski definition) is 1. The summed E-state index contributed by atoms with van der Waals surface area (Å²) in [6, 6.07) is 0. The lowest BCUT2D eigenvalue weighted by molar-refractivity contribution is -0.118. The van der Waals surface area contributed by atoms with Gasteiger partial charge >= 0.3 is 0 Å². The maximum atomic E-state index is 11.0. The van der Waals surface area contributed by atoms with Crippen molar-refractivity contribution in [3.05, 3.63) is 11.6 Å². The summed E-state index contributed by atoms with van der Waals surface area (Å²) in [5.41, 5.74) is 6.49. The van der Waals surface area contributed by atoms with Crippen molar-refractivity contribution in [1.82, 2.24) is 0 Å². The summed E-state index contributed by atoms with van der Waals surface area (Å²) in [5, 5.41) is 0. The summed E-state index contributed by atoms with van der Waals surface area (Å²) in [6.45, 7) is 4.48. The van der Waals surface area contributed by atoms with Crippen molar-refractivity contribution in [2.75, 3.05) is 0 Å². The lowest BCUT2D eigenvalue weighted by atomic mass is 9.49. The fourth-order valence-electron chi connectivity index (χ4n) is 2.63. The predicted octanol–water partition coefficient (Wildman–Crippen LogP) is 1.46. The zero-order valence-corrected chi connectivity index (χ0v) is 7.63. The maximum absolute atomic E-state index is 11.0. The van der Waals surface area contributed by atoms with Crippen LogP contribution in [0.15, 0.2) is 11.6 Å². The average Bonchev–Trinajstić information content (AvgIpc) is 2.04. The van der Waals surface area contributed by atoms with Gasteiger partial charge in [-0.15, -0.1) is 0 Å². The minimum atomic E-state index is -0.216. The molecule has 1 amide bonds. The quantitative estimate of drug-likeness (QED) is 0.628. The van der Waals surface area contributed by atoms with Gasteiger partial charge in [0.05, 0.1) is 0 Å². The smallest absolute Gasteiger partial charge is 0.244 e. The first-order valence-electron chi connectivity index (χ1n) is 4.53. The second kappa shape index (κ2) is 2.12. The van der Waals surface area contributed by atoms with Crippen LogP contribution in [0.25, 0.3) is 0 Å². The van der Waals surface area contributed by atoms with E-state index in [1.54, 1.807) is 0 Å². The monoisotopic (exact) mass is 165 g/mol. The van der Waals surface area contributed by atoms with Crippen molar-refractivity contribution in [3.63, 3.8) is 0 Å². The van der Waals surface area contributed by atoms with Crippen LogP contribution in [0.5, 0.6) is 0 Å². The van der Waals surface area contributed by atoms with Gasteiger partial charge in [-0.3, -0.25) is 4.79 Å². The van der Waals surface area contributed by atoms with Crippen LogP contribution < -0.4 is 5.73 Å². The van der Waals surface area contributed by atoms with Gasteiger partial charge in [0.2, 0.25) is 5.91 Å². The van der Waals surface area contributed by atoms with Crippen LogP contribution in [-0.4, -0.2) is 5.91 Å². The molecule has 1 fully saturated rings. The molecule has 0 aromatic carbocycles. The third-order valence-corrected chi connectivity index (χ3v) is 3.75. The highest BCUT2D eigenvalue weighted by molar-refractivity contribution is 5.93. The van der Waals surface area contributed by atoms with Crippen LogP contribution >= 0.6 is 0 Å². The molecule has 2 nitrogen and oxygen atoms in total. The van der Waals surface area contributed by atoms with E-state index < -0.39 is 0 Å². The molecule has 12 heavy (non-hydrogen) atoms. The molecule has 0 saturated heterocycles. The van der Waals surface area contributed by atoms with Gasteiger partial charge in [-0.2, -0.15) is 0 Å². The standard InChI is InChI=1S/C10H15NO/c1-10(2)6-3-4-7(9(11)12)8(10)5-6/h4,6,8H,3,5H2,1-2H3,(H2,11,12)/t6-,8-/m0/s1. The van der Waals surface area contributed by atoms with E-state index in [0.717, 1.165) is 17.9 Å². The van der Waals surface area contributed by atoms with Crippen LogP contribution in [0.2, 0.25) is 0 Å². The molecule has 3 rings (SSSR count). The second-order valence-corrected chi connectivity index (χ2v) is 4.57. The number of fused-ring (bicyclic) bond motifs is 1. The molecular formula is C10H15NO. The molecule has 0 radical (unpaired) electrons. The Morgan fingerprint density at radius 1 is 1.67 bits per heavy atom. The Balaban J connectivity index is 2.30. The van der Waals surface area contributed by atoms with Crippen molar-refractivity contribution >= 4 is 5.91 Å². The zero-order valence-electron chi connectivity index (χ0n) is 7.63. The fraction of sp³-hybridized carbons (Fsp3) is 0.700. The van der Waals surface area contributed by atoms with E-state index in [0.29, 0.717) is 11.3 Å². The second-order valence-electron chi connectivity index (χ2n) is 4.57. The van der Waals surface area contributed by atoms with E-state index >= 15 is 0 Å². The minimum Gasteiger partial charge on any atom is -0.366 e. The molecule has 3 aliphatic carbocycles. The molecule has 0 spiro atoms.